The monoisotopic (exact) mass is 301 g/mol. The minimum absolute atomic E-state index is 0.0373. The zero-order valence-corrected chi connectivity index (χ0v) is 13.4. The van der Waals surface area contributed by atoms with E-state index in [0.29, 0.717) is 10.6 Å². The van der Waals surface area contributed by atoms with Crippen molar-refractivity contribution in [3.8, 4) is 0 Å². The van der Waals surface area contributed by atoms with Crippen molar-refractivity contribution in [2.75, 3.05) is 18.0 Å². The average Bonchev–Trinajstić information content (AvgIpc) is 2.49. The Bertz CT molecular complexity index is 630. The number of aryl methyl sites for hydroxylation is 1. The van der Waals surface area contributed by atoms with Gasteiger partial charge < -0.3 is 4.90 Å². The van der Waals surface area contributed by atoms with Gasteiger partial charge in [0.05, 0.1) is 0 Å². The van der Waals surface area contributed by atoms with Crippen LogP contribution in [0.2, 0.25) is 5.02 Å². The van der Waals surface area contributed by atoms with Crippen molar-refractivity contribution < 1.29 is 4.79 Å². The summed E-state index contributed by atoms with van der Waals surface area (Å²) in [7, 11) is 0. The number of hydrogen-bond acceptors (Lipinski definition) is 2. The van der Waals surface area contributed by atoms with Crippen LogP contribution in [0.5, 0.6) is 0 Å². The maximum atomic E-state index is 12.5. The summed E-state index contributed by atoms with van der Waals surface area (Å²) in [5.41, 5.74) is 3.57. The van der Waals surface area contributed by atoms with Crippen LogP contribution >= 0.6 is 11.6 Å². The second-order valence-electron chi connectivity index (χ2n) is 5.01. The van der Waals surface area contributed by atoms with Crippen molar-refractivity contribution in [1.82, 2.24) is 0 Å². The second-order valence-corrected chi connectivity index (χ2v) is 5.44. The fourth-order valence-electron chi connectivity index (χ4n) is 2.44. The summed E-state index contributed by atoms with van der Waals surface area (Å²) in [4.78, 5) is 14.8. The van der Waals surface area contributed by atoms with Crippen LogP contribution in [0.15, 0.2) is 42.5 Å². The van der Waals surface area contributed by atoms with Gasteiger partial charge in [-0.25, -0.2) is 0 Å². The van der Waals surface area contributed by atoms with Gasteiger partial charge in [0.25, 0.3) is 0 Å². The quantitative estimate of drug-likeness (QED) is 0.744. The Morgan fingerprint density at radius 1 is 1.05 bits per heavy atom. The highest BCUT2D eigenvalue weighted by Crippen LogP contribution is 2.22. The van der Waals surface area contributed by atoms with Gasteiger partial charge in [0.2, 0.25) is 0 Å². The van der Waals surface area contributed by atoms with Crippen molar-refractivity contribution in [1.29, 1.82) is 0 Å². The van der Waals surface area contributed by atoms with Gasteiger partial charge in [-0.05, 0) is 68.8 Å². The molecule has 0 unspecified atom stereocenters. The Kier molecular flexibility index (Phi) is 5.03. The zero-order chi connectivity index (χ0) is 15.4. The first-order valence-electron chi connectivity index (χ1n) is 7.22. The van der Waals surface area contributed by atoms with Crippen molar-refractivity contribution in [3.05, 3.63) is 64.2 Å². The van der Waals surface area contributed by atoms with Gasteiger partial charge in [-0.2, -0.15) is 0 Å². The molecule has 0 saturated heterocycles. The third-order valence-corrected chi connectivity index (χ3v) is 3.94. The van der Waals surface area contributed by atoms with Crippen molar-refractivity contribution in [3.63, 3.8) is 0 Å². The first kappa shape index (κ1) is 15.6. The third kappa shape index (κ3) is 3.45. The standard InChI is InChI=1S/C18H20ClNO/c1-4-20(5-2)16-10-11-17(13(3)12-16)18(21)14-6-8-15(19)9-7-14/h6-12H,4-5H2,1-3H3. The minimum Gasteiger partial charge on any atom is -0.372 e. The SMILES string of the molecule is CCN(CC)c1ccc(C(=O)c2ccc(Cl)cc2)c(C)c1. The Morgan fingerprint density at radius 2 is 1.67 bits per heavy atom. The number of ketones is 1. The molecule has 2 rings (SSSR count). The van der Waals surface area contributed by atoms with Gasteiger partial charge in [0, 0.05) is 34.9 Å². The molecule has 0 radical (unpaired) electrons. The molecule has 0 amide bonds. The van der Waals surface area contributed by atoms with E-state index in [1.54, 1.807) is 24.3 Å². The summed E-state index contributed by atoms with van der Waals surface area (Å²) in [6.07, 6.45) is 0. The highest BCUT2D eigenvalue weighted by atomic mass is 35.5. The predicted octanol–water partition coefficient (Wildman–Crippen LogP) is 4.73. The van der Waals surface area contributed by atoms with E-state index in [4.69, 9.17) is 11.6 Å². The minimum atomic E-state index is 0.0373. The van der Waals surface area contributed by atoms with Crippen LogP contribution in [0.4, 0.5) is 5.69 Å². The molecule has 0 bridgehead atoms. The normalized spacial score (nSPS) is 10.5. The largest absolute Gasteiger partial charge is 0.372 e. The summed E-state index contributed by atoms with van der Waals surface area (Å²) in [6, 6.07) is 13.0. The topological polar surface area (TPSA) is 20.3 Å². The van der Waals surface area contributed by atoms with Crippen LogP contribution < -0.4 is 4.90 Å². The molecule has 0 aliphatic carbocycles. The van der Waals surface area contributed by atoms with Gasteiger partial charge in [-0.1, -0.05) is 11.6 Å². The van der Waals surface area contributed by atoms with Crippen molar-refractivity contribution >= 4 is 23.1 Å². The van der Waals surface area contributed by atoms with E-state index in [-0.39, 0.29) is 5.78 Å². The third-order valence-electron chi connectivity index (χ3n) is 3.69. The van der Waals surface area contributed by atoms with Crippen LogP contribution in [0.25, 0.3) is 0 Å². The Morgan fingerprint density at radius 3 is 2.19 bits per heavy atom. The highest BCUT2D eigenvalue weighted by Gasteiger charge is 2.13. The molecule has 0 N–H and O–H groups in total. The van der Waals surface area contributed by atoms with E-state index >= 15 is 0 Å². The van der Waals surface area contributed by atoms with Gasteiger partial charge in [-0.3, -0.25) is 4.79 Å². The lowest BCUT2D eigenvalue weighted by molar-refractivity contribution is 0.103. The van der Waals surface area contributed by atoms with Gasteiger partial charge in [0.1, 0.15) is 0 Å². The van der Waals surface area contributed by atoms with E-state index in [2.05, 4.69) is 24.8 Å². The fraction of sp³-hybridized carbons (Fsp3) is 0.278. The van der Waals surface area contributed by atoms with Gasteiger partial charge in [0.15, 0.2) is 5.78 Å². The van der Waals surface area contributed by atoms with E-state index in [1.165, 1.54) is 0 Å². The smallest absolute Gasteiger partial charge is 0.193 e. The summed E-state index contributed by atoms with van der Waals surface area (Å²) in [6.45, 7) is 8.16. The molecule has 2 nitrogen and oxygen atoms in total. The molecule has 0 aliphatic rings. The van der Waals surface area contributed by atoms with Crippen LogP contribution in [0, 0.1) is 6.92 Å². The molecule has 2 aromatic rings. The van der Waals surface area contributed by atoms with Gasteiger partial charge in [-0.15, -0.1) is 0 Å². The number of rotatable bonds is 5. The lowest BCUT2D eigenvalue weighted by Gasteiger charge is -2.22. The molecular weight excluding hydrogens is 282 g/mol. The van der Waals surface area contributed by atoms with E-state index in [1.807, 2.05) is 19.1 Å². The predicted molar refractivity (Wildman–Crippen MR) is 89.6 cm³/mol. The average molecular weight is 302 g/mol. The Hall–Kier alpha value is -1.80. The number of nitrogens with zero attached hydrogens (tertiary/aromatic N) is 1. The van der Waals surface area contributed by atoms with E-state index < -0.39 is 0 Å². The Balaban J connectivity index is 2.32. The zero-order valence-electron chi connectivity index (χ0n) is 12.7. The lowest BCUT2D eigenvalue weighted by Crippen LogP contribution is -2.22. The molecule has 21 heavy (non-hydrogen) atoms. The summed E-state index contributed by atoms with van der Waals surface area (Å²) < 4.78 is 0. The Labute approximate surface area is 131 Å². The number of hydrogen-bond donors (Lipinski definition) is 0. The summed E-state index contributed by atoms with van der Waals surface area (Å²) in [5.74, 6) is 0.0373. The molecule has 0 saturated carbocycles. The molecular formula is C18H20ClNO. The molecule has 0 heterocycles. The summed E-state index contributed by atoms with van der Waals surface area (Å²) in [5, 5.41) is 0.639. The number of anilines is 1. The summed E-state index contributed by atoms with van der Waals surface area (Å²) >= 11 is 5.86. The van der Waals surface area contributed by atoms with Crippen molar-refractivity contribution in [2.24, 2.45) is 0 Å². The molecule has 0 spiro atoms. The van der Waals surface area contributed by atoms with Crippen LogP contribution in [-0.2, 0) is 0 Å². The van der Waals surface area contributed by atoms with Crippen LogP contribution in [0.3, 0.4) is 0 Å². The van der Waals surface area contributed by atoms with Gasteiger partial charge >= 0.3 is 0 Å². The molecule has 0 fully saturated rings. The number of carbonyl (C=O) groups is 1. The molecule has 110 valence electrons. The maximum Gasteiger partial charge on any atom is 0.193 e. The number of carbonyl (C=O) groups excluding carboxylic acids is 1. The van der Waals surface area contributed by atoms with Crippen molar-refractivity contribution in [2.45, 2.75) is 20.8 Å². The molecule has 2 aromatic carbocycles. The maximum absolute atomic E-state index is 12.5. The molecule has 0 aliphatic heterocycles. The first-order valence-corrected chi connectivity index (χ1v) is 7.60. The molecule has 3 heteroatoms. The van der Waals surface area contributed by atoms with Crippen LogP contribution in [-0.4, -0.2) is 18.9 Å². The lowest BCUT2D eigenvalue weighted by atomic mass is 9.98. The van der Waals surface area contributed by atoms with E-state index in [9.17, 15) is 4.79 Å². The number of halogens is 1. The van der Waals surface area contributed by atoms with E-state index in [0.717, 1.165) is 29.9 Å². The first-order chi connectivity index (χ1) is 10.1. The number of benzene rings is 2. The molecule has 0 atom stereocenters. The second kappa shape index (κ2) is 6.77. The van der Waals surface area contributed by atoms with Crippen LogP contribution in [0.1, 0.15) is 35.3 Å². The fourth-order valence-corrected chi connectivity index (χ4v) is 2.57. The molecule has 0 aromatic heterocycles. The highest BCUT2D eigenvalue weighted by molar-refractivity contribution is 6.30.